The van der Waals surface area contributed by atoms with E-state index in [1.165, 1.54) is 0 Å². The summed E-state index contributed by atoms with van der Waals surface area (Å²) in [6.45, 7) is 6.38. The summed E-state index contributed by atoms with van der Waals surface area (Å²) >= 11 is 0. The van der Waals surface area contributed by atoms with Crippen LogP contribution < -0.4 is 11.1 Å². The maximum Gasteiger partial charge on any atom is 0.253 e. The first-order chi connectivity index (χ1) is 8.00. The van der Waals surface area contributed by atoms with Crippen molar-refractivity contribution in [2.45, 2.75) is 26.9 Å². The van der Waals surface area contributed by atoms with Gasteiger partial charge in [0.1, 0.15) is 6.10 Å². The van der Waals surface area contributed by atoms with Crippen molar-refractivity contribution in [1.82, 2.24) is 0 Å². The first kappa shape index (κ1) is 13.5. The summed E-state index contributed by atoms with van der Waals surface area (Å²) in [6, 6.07) is 7.16. The normalized spacial score (nSPS) is 12.5. The monoisotopic (exact) mass is 236 g/mol. The zero-order valence-corrected chi connectivity index (χ0v) is 10.6. The molecule has 1 amide bonds. The van der Waals surface area contributed by atoms with E-state index in [0.717, 1.165) is 0 Å². The maximum atomic E-state index is 11.8. The number of para-hydroxylation sites is 2. The number of hydrogen-bond donors (Lipinski definition) is 2. The van der Waals surface area contributed by atoms with Crippen molar-refractivity contribution in [2.24, 2.45) is 5.92 Å². The highest BCUT2D eigenvalue weighted by Gasteiger charge is 2.14. The van der Waals surface area contributed by atoms with E-state index in [4.69, 9.17) is 10.5 Å². The minimum absolute atomic E-state index is 0.177. The number of nitrogen functional groups attached to an aromatic ring is 1. The number of carbonyl (C=O) groups is 1. The van der Waals surface area contributed by atoms with Crippen LogP contribution in [0.1, 0.15) is 20.8 Å². The predicted molar refractivity (Wildman–Crippen MR) is 69.7 cm³/mol. The molecule has 0 radical (unpaired) electrons. The molecule has 3 N–H and O–H groups in total. The summed E-state index contributed by atoms with van der Waals surface area (Å²) in [5.41, 5.74) is 6.91. The van der Waals surface area contributed by atoms with Gasteiger partial charge in [-0.15, -0.1) is 0 Å². The van der Waals surface area contributed by atoms with E-state index in [-0.39, 0.29) is 5.91 Å². The topological polar surface area (TPSA) is 64.3 Å². The Labute approximate surface area is 102 Å². The summed E-state index contributed by atoms with van der Waals surface area (Å²) in [4.78, 5) is 11.8. The third-order valence-corrected chi connectivity index (χ3v) is 2.27. The van der Waals surface area contributed by atoms with Gasteiger partial charge < -0.3 is 15.8 Å². The molecule has 1 aromatic carbocycles. The molecule has 0 spiro atoms. The third kappa shape index (κ3) is 4.44. The van der Waals surface area contributed by atoms with Crippen LogP contribution >= 0.6 is 0 Å². The van der Waals surface area contributed by atoms with Crippen LogP contribution in [0, 0.1) is 5.92 Å². The Morgan fingerprint density at radius 2 is 2.00 bits per heavy atom. The Bertz CT molecular complexity index is 377. The molecule has 4 heteroatoms. The zero-order valence-electron chi connectivity index (χ0n) is 10.6. The van der Waals surface area contributed by atoms with E-state index in [1.54, 1.807) is 19.1 Å². The second-order valence-corrected chi connectivity index (χ2v) is 4.45. The first-order valence-corrected chi connectivity index (χ1v) is 5.77. The van der Waals surface area contributed by atoms with E-state index in [2.05, 4.69) is 5.32 Å². The average Bonchev–Trinajstić information content (AvgIpc) is 2.28. The van der Waals surface area contributed by atoms with Crippen LogP contribution in [0.25, 0.3) is 0 Å². The lowest BCUT2D eigenvalue weighted by molar-refractivity contribution is -0.126. The Hall–Kier alpha value is -1.55. The van der Waals surface area contributed by atoms with Crippen molar-refractivity contribution in [3.63, 3.8) is 0 Å². The van der Waals surface area contributed by atoms with Gasteiger partial charge in [-0.25, -0.2) is 0 Å². The van der Waals surface area contributed by atoms with Gasteiger partial charge in [0.05, 0.1) is 11.4 Å². The first-order valence-electron chi connectivity index (χ1n) is 5.77. The molecule has 0 bridgehead atoms. The van der Waals surface area contributed by atoms with Gasteiger partial charge in [-0.3, -0.25) is 4.79 Å². The van der Waals surface area contributed by atoms with E-state index in [9.17, 15) is 4.79 Å². The molecule has 0 aliphatic heterocycles. The summed E-state index contributed by atoms with van der Waals surface area (Å²) in [7, 11) is 0. The highest BCUT2D eigenvalue weighted by Crippen LogP contribution is 2.17. The van der Waals surface area contributed by atoms with Crippen LogP contribution in [-0.2, 0) is 9.53 Å². The molecule has 0 saturated heterocycles. The number of nitrogens with two attached hydrogens (primary N) is 1. The fourth-order valence-corrected chi connectivity index (χ4v) is 1.26. The van der Waals surface area contributed by atoms with Gasteiger partial charge in [0.2, 0.25) is 0 Å². The van der Waals surface area contributed by atoms with E-state index < -0.39 is 6.10 Å². The van der Waals surface area contributed by atoms with Crippen molar-refractivity contribution in [3.8, 4) is 0 Å². The van der Waals surface area contributed by atoms with Crippen molar-refractivity contribution in [3.05, 3.63) is 24.3 Å². The summed E-state index contributed by atoms with van der Waals surface area (Å²) in [6.07, 6.45) is -0.475. The molecule has 1 aromatic rings. The van der Waals surface area contributed by atoms with Crippen LogP contribution in [0.15, 0.2) is 24.3 Å². The van der Waals surface area contributed by atoms with Crippen LogP contribution in [-0.4, -0.2) is 18.6 Å². The lowest BCUT2D eigenvalue weighted by Gasteiger charge is -2.15. The molecule has 0 saturated carbocycles. The average molecular weight is 236 g/mol. The minimum atomic E-state index is -0.475. The lowest BCUT2D eigenvalue weighted by Crippen LogP contribution is -2.29. The van der Waals surface area contributed by atoms with Gasteiger partial charge in [0, 0.05) is 6.61 Å². The third-order valence-electron chi connectivity index (χ3n) is 2.27. The highest BCUT2D eigenvalue weighted by molar-refractivity contribution is 5.96. The quantitative estimate of drug-likeness (QED) is 0.771. The van der Waals surface area contributed by atoms with Crippen LogP contribution in [0.5, 0.6) is 0 Å². The molecule has 0 aliphatic rings. The van der Waals surface area contributed by atoms with Gasteiger partial charge in [0.25, 0.3) is 5.91 Å². The Morgan fingerprint density at radius 3 is 2.59 bits per heavy atom. The molecule has 4 nitrogen and oxygen atoms in total. The van der Waals surface area contributed by atoms with E-state index in [0.29, 0.717) is 23.9 Å². The Morgan fingerprint density at radius 1 is 1.35 bits per heavy atom. The molecule has 1 atom stereocenters. The summed E-state index contributed by atoms with van der Waals surface area (Å²) < 4.78 is 5.42. The molecular formula is C13H20N2O2. The standard InChI is InChI=1S/C13H20N2O2/c1-9(2)8-17-10(3)13(16)15-12-7-5-4-6-11(12)14/h4-7,9-10H,8,14H2,1-3H3,(H,15,16). The predicted octanol–water partition coefficient (Wildman–Crippen LogP) is 2.27. The number of amides is 1. The molecule has 0 aromatic heterocycles. The second kappa shape index (κ2) is 6.25. The fraction of sp³-hybridized carbons (Fsp3) is 0.462. The van der Waals surface area contributed by atoms with Gasteiger partial charge in [-0.05, 0) is 25.0 Å². The number of rotatable bonds is 5. The fourth-order valence-electron chi connectivity index (χ4n) is 1.26. The molecular weight excluding hydrogens is 216 g/mol. The lowest BCUT2D eigenvalue weighted by atomic mass is 10.2. The second-order valence-electron chi connectivity index (χ2n) is 4.45. The summed E-state index contributed by atoms with van der Waals surface area (Å²) in [5.74, 6) is 0.232. The number of ether oxygens (including phenoxy) is 1. The molecule has 0 heterocycles. The van der Waals surface area contributed by atoms with Gasteiger partial charge >= 0.3 is 0 Å². The summed E-state index contributed by atoms with van der Waals surface area (Å²) in [5, 5.41) is 2.74. The van der Waals surface area contributed by atoms with Crippen molar-refractivity contribution < 1.29 is 9.53 Å². The van der Waals surface area contributed by atoms with Crippen LogP contribution in [0.4, 0.5) is 11.4 Å². The Balaban J connectivity index is 2.52. The van der Waals surface area contributed by atoms with Crippen molar-refractivity contribution in [2.75, 3.05) is 17.7 Å². The van der Waals surface area contributed by atoms with Crippen LogP contribution in [0.2, 0.25) is 0 Å². The number of nitrogens with one attached hydrogen (secondary N) is 1. The van der Waals surface area contributed by atoms with Crippen molar-refractivity contribution in [1.29, 1.82) is 0 Å². The van der Waals surface area contributed by atoms with E-state index >= 15 is 0 Å². The molecule has 17 heavy (non-hydrogen) atoms. The molecule has 94 valence electrons. The van der Waals surface area contributed by atoms with Gasteiger partial charge in [0.15, 0.2) is 0 Å². The largest absolute Gasteiger partial charge is 0.397 e. The SMILES string of the molecule is CC(C)COC(C)C(=O)Nc1ccccc1N. The molecule has 1 unspecified atom stereocenters. The van der Waals surface area contributed by atoms with E-state index in [1.807, 2.05) is 26.0 Å². The highest BCUT2D eigenvalue weighted by atomic mass is 16.5. The number of anilines is 2. The molecule has 0 fully saturated rings. The molecule has 0 aliphatic carbocycles. The number of benzene rings is 1. The Kier molecular flexibility index (Phi) is 4.97. The smallest absolute Gasteiger partial charge is 0.253 e. The number of carbonyl (C=O) groups excluding carboxylic acids is 1. The number of hydrogen-bond acceptors (Lipinski definition) is 3. The van der Waals surface area contributed by atoms with Crippen LogP contribution in [0.3, 0.4) is 0 Å². The zero-order chi connectivity index (χ0) is 12.8. The molecule has 1 rings (SSSR count). The van der Waals surface area contributed by atoms with Crippen molar-refractivity contribution >= 4 is 17.3 Å². The van der Waals surface area contributed by atoms with Gasteiger partial charge in [-0.1, -0.05) is 26.0 Å². The minimum Gasteiger partial charge on any atom is -0.397 e. The maximum absolute atomic E-state index is 11.8. The van der Waals surface area contributed by atoms with Gasteiger partial charge in [-0.2, -0.15) is 0 Å².